The van der Waals surface area contributed by atoms with Crippen molar-refractivity contribution in [2.24, 2.45) is 0 Å². The summed E-state index contributed by atoms with van der Waals surface area (Å²) < 4.78 is 4.97. The van der Waals surface area contributed by atoms with E-state index in [2.05, 4.69) is 0 Å². The van der Waals surface area contributed by atoms with Gasteiger partial charge < -0.3 is 10.5 Å². The fourth-order valence-electron chi connectivity index (χ4n) is 0.627. The van der Waals surface area contributed by atoms with E-state index in [4.69, 9.17) is 22.1 Å². The van der Waals surface area contributed by atoms with Crippen molar-refractivity contribution >= 4 is 17.3 Å². The van der Waals surface area contributed by atoms with Gasteiger partial charge >= 0.3 is 0 Å². The lowest BCUT2D eigenvalue weighted by Crippen LogP contribution is -1.89. The topological polar surface area (TPSA) is 35.2 Å². The first-order valence-corrected chi connectivity index (χ1v) is 3.40. The molecule has 0 atom stereocenters. The molecule has 0 aliphatic carbocycles. The number of ether oxygens (including phenoxy) is 1. The third kappa shape index (κ3) is 1.81. The van der Waals surface area contributed by atoms with Crippen molar-refractivity contribution in [2.45, 2.75) is 0 Å². The number of anilines is 1. The Kier molecular flexibility index (Phi) is 2.40. The number of halogens is 1. The Balaban J connectivity index is 2.69. The standard InChI is InChI=1S/C7H8ClNO/c8-5-10-7-3-1-6(9)2-4-7/h1-4H,5,9H2. The van der Waals surface area contributed by atoms with E-state index < -0.39 is 0 Å². The van der Waals surface area contributed by atoms with Gasteiger partial charge in [0.15, 0.2) is 6.07 Å². The summed E-state index contributed by atoms with van der Waals surface area (Å²) in [5.74, 6) is 0.740. The highest BCUT2D eigenvalue weighted by molar-refractivity contribution is 6.17. The Labute approximate surface area is 64.6 Å². The minimum absolute atomic E-state index is 0.171. The first kappa shape index (κ1) is 7.22. The molecule has 0 aromatic heterocycles. The van der Waals surface area contributed by atoms with E-state index in [1.165, 1.54) is 0 Å². The van der Waals surface area contributed by atoms with E-state index in [-0.39, 0.29) is 6.07 Å². The zero-order valence-electron chi connectivity index (χ0n) is 5.38. The van der Waals surface area contributed by atoms with Gasteiger partial charge in [0.1, 0.15) is 5.75 Å². The second kappa shape index (κ2) is 3.32. The number of nitrogens with two attached hydrogens (primary N) is 1. The first-order chi connectivity index (χ1) is 4.83. The zero-order valence-corrected chi connectivity index (χ0v) is 6.14. The SMILES string of the molecule is Nc1ccc(OCCl)cc1. The predicted molar refractivity (Wildman–Crippen MR) is 42.2 cm³/mol. The molecule has 0 aliphatic heterocycles. The molecule has 1 aromatic rings. The molecular formula is C7H8ClNO. The minimum atomic E-state index is 0.171. The number of hydrogen-bond donors (Lipinski definition) is 1. The van der Waals surface area contributed by atoms with Gasteiger partial charge in [0.25, 0.3) is 0 Å². The Morgan fingerprint density at radius 1 is 1.30 bits per heavy atom. The molecule has 0 heterocycles. The summed E-state index contributed by atoms with van der Waals surface area (Å²) in [5, 5.41) is 0. The molecular weight excluding hydrogens is 150 g/mol. The summed E-state index contributed by atoms with van der Waals surface area (Å²) >= 11 is 5.32. The molecule has 1 rings (SSSR count). The lowest BCUT2D eigenvalue weighted by atomic mass is 10.3. The van der Waals surface area contributed by atoms with Gasteiger partial charge in [-0.1, -0.05) is 11.6 Å². The normalized spacial score (nSPS) is 9.30. The van der Waals surface area contributed by atoms with Gasteiger partial charge in [0.2, 0.25) is 0 Å². The van der Waals surface area contributed by atoms with E-state index in [1.54, 1.807) is 24.3 Å². The van der Waals surface area contributed by atoms with Crippen LogP contribution in [-0.4, -0.2) is 6.07 Å². The summed E-state index contributed by atoms with van der Waals surface area (Å²) in [7, 11) is 0. The predicted octanol–water partition coefficient (Wildman–Crippen LogP) is 1.84. The third-order valence-corrected chi connectivity index (χ3v) is 1.21. The molecule has 0 aliphatic rings. The Morgan fingerprint density at radius 2 is 1.90 bits per heavy atom. The van der Waals surface area contributed by atoms with Gasteiger partial charge in [-0.2, -0.15) is 0 Å². The van der Waals surface area contributed by atoms with E-state index in [1.807, 2.05) is 0 Å². The van der Waals surface area contributed by atoms with Crippen LogP contribution in [0.15, 0.2) is 24.3 Å². The highest BCUT2D eigenvalue weighted by atomic mass is 35.5. The largest absolute Gasteiger partial charge is 0.478 e. The van der Waals surface area contributed by atoms with Gasteiger partial charge in [-0.3, -0.25) is 0 Å². The van der Waals surface area contributed by atoms with Gasteiger partial charge in [-0.05, 0) is 24.3 Å². The highest BCUT2D eigenvalue weighted by Crippen LogP contribution is 2.12. The lowest BCUT2D eigenvalue weighted by Gasteiger charge is -1.99. The van der Waals surface area contributed by atoms with Crippen LogP contribution in [-0.2, 0) is 0 Å². The van der Waals surface area contributed by atoms with E-state index in [0.29, 0.717) is 0 Å². The average molecular weight is 158 g/mol. The Hall–Kier alpha value is -0.890. The van der Waals surface area contributed by atoms with Crippen LogP contribution in [0.5, 0.6) is 5.75 Å². The lowest BCUT2D eigenvalue weighted by molar-refractivity contribution is 0.388. The summed E-state index contributed by atoms with van der Waals surface area (Å²) in [6.07, 6.45) is 0. The summed E-state index contributed by atoms with van der Waals surface area (Å²) in [6, 6.07) is 7.25. The highest BCUT2D eigenvalue weighted by Gasteiger charge is 1.88. The van der Waals surface area contributed by atoms with Crippen LogP contribution in [0, 0.1) is 0 Å². The molecule has 0 fully saturated rings. The second-order valence-electron chi connectivity index (χ2n) is 1.82. The van der Waals surface area contributed by atoms with Gasteiger partial charge in [-0.25, -0.2) is 0 Å². The van der Waals surface area contributed by atoms with Crippen molar-refractivity contribution in [3.63, 3.8) is 0 Å². The van der Waals surface area contributed by atoms with Gasteiger partial charge in [0.05, 0.1) is 0 Å². The molecule has 10 heavy (non-hydrogen) atoms. The van der Waals surface area contributed by atoms with E-state index in [9.17, 15) is 0 Å². The fourth-order valence-corrected chi connectivity index (χ4v) is 0.753. The molecule has 0 amide bonds. The molecule has 1 aromatic carbocycles. The van der Waals surface area contributed by atoms with Crippen molar-refractivity contribution < 1.29 is 4.74 Å². The molecule has 0 spiro atoms. The zero-order chi connectivity index (χ0) is 7.40. The van der Waals surface area contributed by atoms with E-state index in [0.717, 1.165) is 11.4 Å². The smallest absolute Gasteiger partial charge is 0.162 e. The van der Waals surface area contributed by atoms with E-state index >= 15 is 0 Å². The number of nitrogen functional groups attached to an aromatic ring is 1. The third-order valence-electron chi connectivity index (χ3n) is 1.10. The molecule has 0 unspecified atom stereocenters. The number of hydrogen-bond acceptors (Lipinski definition) is 2. The molecule has 54 valence electrons. The summed E-state index contributed by atoms with van der Waals surface area (Å²) in [5.41, 5.74) is 6.16. The maximum atomic E-state index is 5.43. The van der Waals surface area contributed by atoms with Crippen molar-refractivity contribution in [3.8, 4) is 5.75 Å². The second-order valence-corrected chi connectivity index (χ2v) is 2.04. The van der Waals surface area contributed by atoms with Crippen LogP contribution in [0.2, 0.25) is 0 Å². The number of benzene rings is 1. The molecule has 0 saturated carbocycles. The maximum absolute atomic E-state index is 5.43. The molecule has 3 heteroatoms. The van der Waals surface area contributed by atoms with Crippen molar-refractivity contribution in [1.82, 2.24) is 0 Å². The minimum Gasteiger partial charge on any atom is -0.478 e. The summed E-state index contributed by atoms with van der Waals surface area (Å²) in [6.45, 7) is 0. The Bertz CT molecular complexity index is 197. The average Bonchev–Trinajstić information content (AvgIpc) is 1.95. The summed E-state index contributed by atoms with van der Waals surface area (Å²) in [4.78, 5) is 0. The van der Waals surface area contributed by atoms with Crippen LogP contribution in [0.1, 0.15) is 0 Å². The molecule has 0 saturated heterocycles. The van der Waals surface area contributed by atoms with Crippen LogP contribution >= 0.6 is 11.6 Å². The van der Waals surface area contributed by atoms with Crippen LogP contribution in [0.4, 0.5) is 5.69 Å². The molecule has 0 bridgehead atoms. The number of alkyl halides is 1. The first-order valence-electron chi connectivity index (χ1n) is 2.87. The quantitative estimate of drug-likeness (QED) is 0.525. The monoisotopic (exact) mass is 157 g/mol. The van der Waals surface area contributed by atoms with Gasteiger partial charge in [0, 0.05) is 5.69 Å². The molecule has 2 N–H and O–H groups in total. The van der Waals surface area contributed by atoms with Crippen LogP contribution in [0.25, 0.3) is 0 Å². The van der Waals surface area contributed by atoms with Crippen molar-refractivity contribution in [1.29, 1.82) is 0 Å². The fraction of sp³-hybridized carbons (Fsp3) is 0.143. The molecule has 0 radical (unpaired) electrons. The van der Waals surface area contributed by atoms with Crippen molar-refractivity contribution in [3.05, 3.63) is 24.3 Å². The maximum Gasteiger partial charge on any atom is 0.162 e. The van der Waals surface area contributed by atoms with Gasteiger partial charge in [-0.15, -0.1) is 0 Å². The molecule has 2 nitrogen and oxygen atoms in total. The van der Waals surface area contributed by atoms with Crippen molar-refractivity contribution in [2.75, 3.05) is 11.8 Å². The number of rotatable bonds is 2. The van der Waals surface area contributed by atoms with Crippen LogP contribution in [0.3, 0.4) is 0 Å². The van der Waals surface area contributed by atoms with Crippen LogP contribution < -0.4 is 10.5 Å². The Morgan fingerprint density at radius 3 is 2.40 bits per heavy atom.